The summed E-state index contributed by atoms with van der Waals surface area (Å²) in [6, 6.07) is 7.57. The third kappa shape index (κ3) is 3.05. The number of nitro benzene ring substituents is 1. The van der Waals surface area contributed by atoms with Crippen LogP contribution >= 0.6 is 0 Å². The highest BCUT2D eigenvalue weighted by atomic mass is 16.7. The molecule has 4 rings (SSSR count). The highest BCUT2D eigenvalue weighted by Gasteiger charge is 2.35. The molecule has 0 aliphatic carbocycles. The second-order valence-electron chi connectivity index (χ2n) is 6.90. The summed E-state index contributed by atoms with van der Waals surface area (Å²) in [6.07, 6.45) is 0.987. The summed E-state index contributed by atoms with van der Waals surface area (Å²) in [7, 11) is 3.53. The Kier molecular flexibility index (Phi) is 4.64. The van der Waals surface area contributed by atoms with Crippen LogP contribution in [0.25, 0.3) is 0 Å². The summed E-state index contributed by atoms with van der Waals surface area (Å²) >= 11 is 0. The van der Waals surface area contributed by atoms with Crippen molar-refractivity contribution in [2.75, 3.05) is 27.5 Å². The van der Waals surface area contributed by atoms with Crippen LogP contribution in [0.2, 0.25) is 0 Å². The molecule has 0 spiro atoms. The molecule has 0 bridgehead atoms. The van der Waals surface area contributed by atoms with Crippen LogP contribution in [0.4, 0.5) is 5.69 Å². The van der Waals surface area contributed by atoms with E-state index in [1.54, 1.807) is 13.2 Å². The normalized spacial score (nSPS) is 17.9. The number of hydrogen-bond donors (Lipinski definition) is 0. The molecule has 0 aromatic heterocycles. The van der Waals surface area contributed by atoms with Gasteiger partial charge in [0.05, 0.1) is 12.0 Å². The van der Waals surface area contributed by atoms with E-state index in [0.717, 1.165) is 24.1 Å². The van der Waals surface area contributed by atoms with Crippen molar-refractivity contribution in [2.24, 2.45) is 0 Å². The molecule has 0 saturated heterocycles. The van der Waals surface area contributed by atoms with Crippen LogP contribution in [0.1, 0.15) is 33.9 Å². The number of carbonyl (C=O) groups excluding carboxylic acids is 1. The molecule has 28 heavy (non-hydrogen) atoms. The first-order valence-corrected chi connectivity index (χ1v) is 8.97. The number of ether oxygens (including phenoxy) is 3. The molecule has 8 heteroatoms. The maximum absolute atomic E-state index is 12.9. The zero-order chi connectivity index (χ0) is 19.8. The van der Waals surface area contributed by atoms with Gasteiger partial charge in [0.1, 0.15) is 0 Å². The number of non-ortho nitro benzene ring substituents is 1. The molecule has 1 atom stereocenters. The minimum absolute atomic E-state index is 0.0933. The number of rotatable bonds is 5. The Morgan fingerprint density at radius 1 is 1.36 bits per heavy atom. The molecule has 0 radical (unpaired) electrons. The van der Waals surface area contributed by atoms with Gasteiger partial charge in [-0.05, 0) is 25.1 Å². The Bertz CT molecular complexity index is 958. The molecule has 146 valence electrons. The third-order valence-electron chi connectivity index (χ3n) is 5.30. The third-order valence-corrected chi connectivity index (χ3v) is 5.30. The Hall–Kier alpha value is -3.13. The zero-order valence-corrected chi connectivity index (χ0v) is 15.6. The second-order valence-corrected chi connectivity index (χ2v) is 6.90. The molecule has 0 fully saturated rings. The largest absolute Gasteiger partial charge is 0.492 e. The minimum Gasteiger partial charge on any atom is -0.492 e. The van der Waals surface area contributed by atoms with Gasteiger partial charge in [0.15, 0.2) is 17.3 Å². The number of nitro groups is 1. The number of nitrogens with zero attached hydrogens (tertiary/aromatic N) is 2. The number of ketones is 1. The fraction of sp³-hybridized carbons (Fsp3) is 0.350. The lowest BCUT2D eigenvalue weighted by molar-refractivity contribution is -0.384. The van der Waals surface area contributed by atoms with Crippen molar-refractivity contribution in [3.8, 4) is 17.2 Å². The average Bonchev–Trinajstić information content (AvgIpc) is 3.16. The molecule has 0 N–H and O–H groups in total. The van der Waals surface area contributed by atoms with Gasteiger partial charge in [-0.1, -0.05) is 12.1 Å². The van der Waals surface area contributed by atoms with Gasteiger partial charge in [-0.2, -0.15) is 0 Å². The van der Waals surface area contributed by atoms with Gasteiger partial charge >= 0.3 is 0 Å². The van der Waals surface area contributed by atoms with Crippen LogP contribution in [0.5, 0.6) is 17.2 Å². The number of benzene rings is 2. The van der Waals surface area contributed by atoms with Gasteiger partial charge in [0.2, 0.25) is 12.5 Å². The van der Waals surface area contributed by atoms with Crippen molar-refractivity contribution < 1.29 is 23.9 Å². The van der Waals surface area contributed by atoms with E-state index in [-0.39, 0.29) is 30.7 Å². The second kappa shape index (κ2) is 7.12. The van der Waals surface area contributed by atoms with Crippen molar-refractivity contribution >= 4 is 11.5 Å². The molecular formula is C20H20N2O6. The number of fused-ring (bicyclic) bond motifs is 2. The molecular weight excluding hydrogens is 364 g/mol. The molecule has 0 unspecified atom stereocenters. The average molecular weight is 384 g/mol. The van der Waals surface area contributed by atoms with E-state index in [4.69, 9.17) is 14.2 Å². The first-order chi connectivity index (χ1) is 13.5. The molecule has 8 nitrogen and oxygen atoms in total. The van der Waals surface area contributed by atoms with Gasteiger partial charge in [0, 0.05) is 42.3 Å². The number of Topliss-reactive ketones (excluding diaryl/α,β-unsaturated/α-hetero) is 1. The predicted molar refractivity (Wildman–Crippen MR) is 100 cm³/mol. The molecule has 2 aliphatic heterocycles. The van der Waals surface area contributed by atoms with Gasteiger partial charge < -0.3 is 14.2 Å². The molecule has 2 aliphatic rings. The summed E-state index contributed by atoms with van der Waals surface area (Å²) in [5.74, 6) is 1.65. The van der Waals surface area contributed by atoms with E-state index in [9.17, 15) is 14.9 Å². The van der Waals surface area contributed by atoms with Gasteiger partial charge in [-0.3, -0.25) is 19.8 Å². The van der Waals surface area contributed by atoms with Gasteiger partial charge in [0.25, 0.3) is 5.69 Å². The Balaban J connectivity index is 1.70. The lowest BCUT2D eigenvalue weighted by Crippen LogP contribution is -2.34. The number of carbonyl (C=O) groups is 1. The van der Waals surface area contributed by atoms with Crippen molar-refractivity contribution in [3.05, 3.63) is 57.1 Å². The standard InChI is InChI=1S/C20H20N2O6/c1-21-7-6-13-9-17-19(28-11-27-17)20(26-2)18(13)15(21)10-16(23)12-4-3-5-14(8-12)22(24)25/h3-5,8-9,15H,6-7,10-11H2,1-2H3/t15-/m0/s1. The summed E-state index contributed by atoms with van der Waals surface area (Å²) in [5.41, 5.74) is 2.22. The number of hydrogen-bond acceptors (Lipinski definition) is 7. The predicted octanol–water partition coefficient (Wildman–Crippen LogP) is 3.13. The summed E-state index contributed by atoms with van der Waals surface area (Å²) in [5, 5.41) is 11.0. The summed E-state index contributed by atoms with van der Waals surface area (Å²) in [6.45, 7) is 0.921. The monoisotopic (exact) mass is 384 g/mol. The summed E-state index contributed by atoms with van der Waals surface area (Å²) < 4.78 is 16.7. The van der Waals surface area contributed by atoms with Crippen LogP contribution in [0.3, 0.4) is 0 Å². The highest BCUT2D eigenvalue weighted by Crippen LogP contribution is 2.50. The van der Waals surface area contributed by atoms with Crippen LogP contribution < -0.4 is 14.2 Å². The molecule has 0 amide bonds. The first-order valence-electron chi connectivity index (χ1n) is 8.97. The maximum Gasteiger partial charge on any atom is 0.270 e. The fourth-order valence-electron chi connectivity index (χ4n) is 3.87. The topological polar surface area (TPSA) is 91.1 Å². The van der Waals surface area contributed by atoms with E-state index in [1.165, 1.54) is 18.2 Å². The smallest absolute Gasteiger partial charge is 0.270 e. The van der Waals surface area contributed by atoms with E-state index in [1.807, 2.05) is 13.1 Å². The first kappa shape index (κ1) is 18.2. The minimum atomic E-state index is -0.498. The quantitative estimate of drug-likeness (QED) is 0.444. The van der Waals surface area contributed by atoms with Gasteiger partial charge in [-0.25, -0.2) is 0 Å². The Morgan fingerprint density at radius 3 is 2.93 bits per heavy atom. The van der Waals surface area contributed by atoms with E-state index in [0.29, 0.717) is 22.8 Å². The van der Waals surface area contributed by atoms with E-state index < -0.39 is 4.92 Å². The lowest BCUT2D eigenvalue weighted by Gasteiger charge is -2.35. The lowest BCUT2D eigenvalue weighted by atomic mass is 9.87. The van der Waals surface area contributed by atoms with E-state index >= 15 is 0 Å². The highest BCUT2D eigenvalue weighted by molar-refractivity contribution is 5.97. The van der Waals surface area contributed by atoms with Crippen LogP contribution in [0.15, 0.2) is 30.3 Å². The molecule has 2 aromatic carbocycles. The van der Waals surface area contributed by atoms with Crippen molar-refractivity contribution in [1.29, 1.82) is 0 Å². The van der Waals surface area contributed by atoms with Crippen molar-refractivity contribution in [1.82, 2.24) is 4.90 Å². The van der Waals surface area contributed by atoms with Gasteiger partial charge in [-0.15, -0.1) is 0 Å². The van der Waals surface area contributed by atoms with Crippen LogP contribution in [0, 0.1) is 10.1 Å². The fourth-order valence-corrected chi connectivity index (χ4v) is 3.87. The van der Waals surface area contributed by atoms with Crippen LogP contribution in [-0.4, -0.2) is 43.1 Å². The summed E-state index contributed by atoms with van der Waals surface area (Å²) in [4.78, 5) is 25.5. The van der Waals surface area contributed by atoms with Crippen LogP contribution in [-0.2, 0) is 6.42 Å². The van der Waals surface area contributed by atoms with Crippen molar-refractivity contribution in [3.63, 3.8) is 0 Å². The molecule has 2 heterocycles. The Labute approximate surface area is 161 Å². The maximum atomic E-state index is 12.9. The zero-order valence-electron chi connectivity index (χ0n) is 15.6. The number of methoxy groups -OCH3 is 1. The van der Waals surface area contributed by atoms with Crippen molar-refractivity contribution in [2.45, 2.75) is 18.9 Å². The Morgan fingerprint density at radius 2 is 2.18 bits per heavy atom. The number of likely N-dealkylation sites (N-methyl/N-ethyl adjacent to an activating group) is 1. The molecule has 2 aromatic rings. The van der Waals surface area contributed by atoms with E-state index in [2.05, 4.69) is 4.90 Å². The molecule has 0 saturated carbocycles. The SMILES string of the molecule is COc1c2c(cc3c1[C@H](CC(=O)c1cccc([N+](=O)[O-])c1)N(C)CC3)OCO2.